The maximum atomic E-state index is 13.5. The molecule has 7 rings (SSSR count). The van der Waals surface area contributed by atoms with E-state index in [1.165, 1.54) is 65.3 Å². The average molecular weight is 914 g/mol. The SMILES string of the molecule is Cc1c(CC(C)C2C=CC(OC(=O)C=Cc3ccc(OC(=O)c4ccc(F)c(F)c4)cc3)=CC2)c(O)n(-c2ccc(OC(=O)C=Cc3ccc(OC(=O)c4ccc(F)c(F)c4)cc3)cc2)c1O. The van der Waals surface area contributed by atoms with E-state index in [9.17, 15) is 47.0 Å². The number of aromatic nitrogens is 1. The quantitative estimate of drug-likeness (QED) is 0.0468. The number of aromatic hydroxyl groups is 2. The second-order valence-electron chi connectivity index (χ2n) is 15.3. The zero-order valence-corrected chi connectivity index (χ0v) is 35.6. The zero-order chi connectivity index (χ0) is 47.8. The Morgan fingerprint density at radius 2 is 1.12 bits per heavy atom. The summed E-state index contributed by atoms with van der Waals surface area (Å²) in [5.74, 6) is -6.97. The van der Waals surface area contributed by atoms with Crippen LogP contribution in [-0.4, -0.2) is 38.7 Å². The van der Waals surface area contributed by atoms with Crippen molar-refractivity contribution in [2.75, 3.05) is 0 Å². The highest BCUT2D eigenvalue weighted by Crippen LogP contribution is 2.39. The highest BCUT2D eigenvalue weighted by Gasteiger charge is 2.26. The van der Waals surface area contributed by atoms with Crippen LogP contribution >= 0.6 is 0 Å². The van der Waals surface area contributed by atoms with Crippen molar-refractivity contribution in [2.24, 2.45) is 11.8 Å². The van der Waals surface area contributed by atoms with E-state index in [2.05, 4.69) is 0 Å². The van der Waals surface area contributed by atoms with Gasteiger partial charge >= 0.3 is 23.9 Å². The van der Waals surface area contributed by atoms with Crippen LogP contribution in [0.2, 0.25) is 0 Å². The van der Waals surface area contributed by atoms with Crippen LogP contribution in [0, 0.1) is 42.0 Å². The molecule has 1 aliphatic rings. The molecule has 0 radical (unpaired) electrons. The van der Waals surface area contributed by atoms with E-state index < -0.39 is 47.1 Å². The normalized spacial score (nSPS) is 13.9. The summed E-state index contributed by atoms with van der Waals surface area (Å²) in [4.78, 5) is 49.7. The molecule has 6 aromatic rings. The van der Waals surface area contributed by atoms with Crippen LogP contribution in [0.5, 0.6) is 29.0 Å². The minimum Gasteiger partial charge on any atom is -0.494 e. The summed E-state index contributed by atoms with van der Waals surface area (Å²) in [5, 5.41) is 22.4. The molecule has 67 heavy (non-hydrogen) atoms. The van der Waals surface area contributed by atoms with Gasteiger partial charge in [0.05, 0.1) is 16.8 Å². The third kappa shape index (κ3) is 11.6. The van der Waals surface area contributed by atoms with Crippen molar-refractivity contribution in [3.8, 4) is 34.7 Å². The predicted octanol–water partition coefficient (Wildman–Crippen LogP) is 10.7. The van der Waals surface area contributed by atoms with Gasteiger partial charge in [0, 0.05) is 23.3 Å². The molecule has 0 amide bonds. The van der Waals surface area contributed by atoms with E-state index in [0.29, 0.717) is 46.5 Å². The number of hydrogen-bond donors (Lipinski definition) is 2. The molecular weight excluding hydrogens is 875 g/mol. The van der Waals surface area contributed by atoms with Crippen molar-refractivity contribution in [1.82, 2.24) is 4.57 Å². The Bertz CT molecular complexity index is 2970. The second-order valence-corrected chi connectivity index (χ2v) is 15.3. The summed E-state index contributed by atoms with van der Waals surface area (Å²) in [6.07, 6.45) is 11.8. The van der Waals surface area contributed by atoms with Crippen molar-refractivity contribution in [1.29, 1.82) is 0 Å². The lowest BCUT2D eigenvalue weighted by Gasteiger charge is -2.22. The van der Waals surface area contributed by atoms with Gasteiger partial charge < -0.3 is 29.2 Å². The summed E-state index contributed by atoms with van der Waals surface area (Å²) >= 11 is 0. The minimum absolute atomic E-state index is 0.00568. The fourth-order valence-corrected chi connectivity index (χ4v) is 6.95. The van der Waals surface area contributed by atoms with E-state index in [1.807, 2.05) is 13.0 Å². The lowest BCUT2D eigenvalue weighted by atomic mass is 9.83. The molecule has 2 unspecified atom stereocenters. The molecule has 1 heterocycles. The van der Waals surface area contributed by atoms with Crippen LogP contribution in [0.15, 0.2) is 145 Å². The third-order valence-corrected chi connectivity index (χ3v) is 10.7. The van der Waals surface area contributed by atoms with Crippen molar-refractivity contribution >= 4 is 36.0 Å². The van der Waals surface area contributed by atoms with E-state index in [4.69, 9.17) is 18.9 Å². The average Bonchev–Trinajstić information content (AvgIpc) is 3.52. The van der Waals surface area contributed by atoms with Crippen molar-refractivity contribution in [3.63, 3.8) is 0 Å². The Morgan fingerprint density at radius 1 is 0.642 bits per heavy atom. The zero-order valence-electron chi connectivity index (χ0n) is 35.6. The Kier molecular flexibility index (Phi) is 14.3. The number of carbonyl (C=O) groups is 4. The molecule has 340 valence electrons. The molecule has 1 aliphatic carbocycles. The predicted molar refractivity (Wildman–Crippen MR) is 237 cm³/mol. The fraction of sp³-hybridized carbons (Fsp3) is 0.115. The van der Waals surface area contributed by atoms with Crippen LogP contribution in [0.25, 0.3) is 17.8 Å². The Morgan fingerprint density at radius 3 is 1.60 bits per heavy atom. The first-order valence-corrected chi connectivity index (χ1v) is 20.6. The van der Waals surface area contributed by atoms with Gasteiger partial charge in [0.1, 0.15) is 23.0 Å². The second kappa shape index (κ2) is 20.6. The molecule has 0 saturated carbocycles. The number of nitrogens with zero attached hydrogens (tertiary/aromatic N) is 1. The van der Waals surface area contributed by atoms with Crippen LogP contribution in [0.3, 0.4) is 0 Å². The summed E-state index contributed by atoms with van der Waals surface area (Å²) in [6, 6.07) is 23.8. The maximum absolute atomic E-state index is 13.5. The number of ether oxygens (including phenoxy) is 4. The fourth-order valence-electron chi connectivity index (χ4n) is 6.95. The molecular formula is C52H39F4NO10. The van der Waals surface area contributed by atoms with Gasteiger partial charge in [-0.2, -0.15) is 0 Å². The van der Waals surface area contributed by atoms with Gasteiger partial charge in [0.15, 0.2) is 23.3 Å². The van der Waals surface area contributed by atoms with Crippen molar-refractivity contribution in [3.05, 3.63) is 202 Å². The van der Waals surface area contributed by atoms with Gasteiger partial charge in [-0.3, -0.25) is 4.57 Å². The monoisotopic (exact) mass is 913 g/mol. The lowest BCUT2D eigenvalue weighted by Crippen LogP contribution is -2.15. The Balaban J connectivity index is 0.871. The number of hydrogen-bond acceptors (Lipinski definition) is 10. The van der Waals surface area contributed by atoms with Gasteiger partial charge in [-0.25, -0.2) is 36.7 Å². The topological polar surface area (TPSA) is 151 Å². The first kappa shape index (κ1) is 46.5. The van der Waals surface area contributed by atoms with E-state index >= 15 is 0 Å². The Hall–Kier alpha value is -8.46. The Labute approximate surface area is 380 Å². The largest absolute Gasteiger partial charge is 0.494 e. The molecule has 2 N–H and O–H groups in total. The highest BCUT2D eigenvalue weighted by molar-refractivity contribution is 5.92. The minimum atomic E-state index is -1.17. The highest BCUT2D eigenvalue weighted by atomic mass is 19.2. The maximum Gasteiger partial charge on any atom is 0.343 e. The molecule has 15 heteroatoms. The van der Waals surface area contributed by atoms with Crippen LogP contribution in [0.4, 0.5) is 17.6 Å². The van der Waals surface area contributed by atoms with Gasteiger partial charge in [-0.15, -0.1) is 0 Å². The van der Waals surface area contributed by atoms with Crippen LogP contribution in [-0.2, 0) is 20.7 Å². The molecule has 2 atom stereocenters. The van der Waals surface area contributed by atoms with Crippen LogP contribution < -0.4 is 14.2 Å². The summed E-state index contributed by atoms with van der Waals surface area (Å²) in [5.41, 5.74) is 2.32. The summed E-state index contributed by atoms with van der Waals surface area (Å²) in [7, 11) is 0. The number of benzene rings is 5. The lowest BCUT2D eigenvalue weighted by molar-refractivity contribution is -0.133. The van der Waals surface area contributed by atoms with Gasteiger partial charge in [0.25, 0.3) is 0 Å². The molecule has 1 aromatic heterocycles. The first-order chi connectivity index (χ1) is 32.1. The first-order valence-electron chi connectivity index (χ1n) is 20.6. The number of esters is 4. The molecule has 0 bridgehead atoms. The van der Waals surface area contributed by atoms with E-state index in [1.54, 1.807) is 55.5 Å². The van der Waals surface area contributed by atoms with Crippen molar-refractivity contribution < 1.29 is 65.9 Å². The van der Waals surface area contributed by atoms with Crippen LogP contribution in [0.1, 0.15) is 56.3 Å². The smallest absolute Gasteiger partial charge is 0.343 e. The van der Waals surface area contributed by atoms with E-state index in [-0.39, 0.29) is 52.0 Å². The van der Waals surface area contributed by atoms with Gasteiger partial charge in [-0.1, -0.05) is 37.3 Å². The third-order valence-electron chi connectivity index (χ3n) is 10.7. The summed E-state index contributed by atoms with van der Waals surface area (Å²) in [6.45, 7) is 3.72. The molecule has 5 aromatic carbocycles. The number of rotatable bonds is 14. The van der Waals surface area contributed by atoms with Crippen molar-refractivity contribution in [2.45, 2.75) is 26.7 Å². The van der Waals surface area contributed by atoms with Gasteiger partial charge in [0.2, 0.25) is 11.8 Å². The van der Waals surface area contributed by atoms with Gasteiger partial charge in [-0.05, 0) is 152 Å². The number of halogens is 4. The molecule has 0 aliphatic heterocycles. The molecule has 0 fully saturated rings. The molecule has 0 saturated heterocycles. The standard InChI is InChI=1S/C52H39F4NO10/c1-30(34-9-19-38(20-10-34)64-47(58)25-7-32-3-15-40(16-4-32)66-51(62)35-11-23-43(53)45(55)28-35)27-42-31(2)49(60)57(50(42)61)37-13-21-39(22-14-37)65-48(59)26-8-33-5-17-41(18-6-33)67-52(63)36-12-24-44(54)46(56)29-36/h3-9,11-26,28-30,34,60-61H,10,27H2,1-2H3. The molecule has 0 spiro atoms. The van der Waals surface area contributed by atoms with E-state index in [0.717, 1.165) is 36.4 Å². The molecule has 11 nitrogen and oxygen atoms in total. The summed E-state index contributed by atoms with van der Waals surface area (Å²) < 4.78 is 75.9. The number of carbonyl (C=O) groups excluding carboxylic acids is 4. The number of allylic oxidation sites excluding steroid dienone is 3.